The van der Waals surface area contributed by atoms with Gasteiger partial charge in [-0.05, 0) is 43.9 Å². The van der Waals surface area contributed by atoms with E-state index in [9.17, 15) is 4.79 Å². The summed E-state index contributed by atoms with van der Waals surface area (Å²) < 4.78 is 13.1. The molecule has 1 aromatic heterocycles. The summed E-state index contributed by atoms with van der Waals surface area (Å²) >= 11 is 1.46. The SMILES string of the molecule is COc1ccc(-c2nnc(SCC(=O)NC(C)C(C)C)n2C2CCCCC2)cc1OC. The molecule has 1 aromatic carbocycles. The Labute approximate surface area is 189 Å². The monoisotopic (exact) mass is 446 g/mol. The van der Waals surface area contributed by atoms with Crippen LogP contribution in [0, 0.1) is 5.92 Å². The van der Waals surface area contributed by atoms with Gasteiger partial charge in [-0.15, -0.1) is 10.2 Å². The number of methoxy groups -OCH3 is 2. The maximum atomic E-state index is 12.4. The van der Waals surface area contributed by atoms with E-state index >= 15 is 0 Å². The van der Waals surface area contributed by atoms with E-state index in [2.05, 4.69) is 33.9 Å². The summed E-state index contributed by atoms with van der Waals surface area (Å²) in [5.74, 6) is 2.91. The van der Waals surface area contributed by atoms with E-state index < -0.39 is 0 Å². The Morgan fingerprint density at radius 2 is 1.84 bits per heavy atom. The van der Waals surface area contributed by atoms with Crippen molar-refractivity contribution in [1.29, 1.82) is 0 Å². The van der Waals surface area contributed by atoms with Crippen LogP contribution in [0.1, 0.15) is 58.9 Å². The zero-order valence-corrected chi connectivity index (χ0v) is 20.0. The Kier molecular flexibility index (Phi) is 8.23. The van der Waals surface area contributed by atoms with Crippen LogP contribution in [-0.2, 0) is 4.79 Å². The topological polar surface area (TPSA) is 78.3 Å². The van der Waals surface area contributed by atoms with E-state index in [0.29, 0.717) is 29.2 Å². The second-order valence-electron chi connectivity index (χ2n) is 8.43. The van der Waals surface area contributed by atoms with Gasteiger partial charge in [0.1, 0.15) is 0 Å². The molecule has 1 fully saturated rings. The highest BCUT2D eigenvalue weighted by molar-refractivity contribution is 7.99. The largest absolute Gasteiger partial charge is 0.493 e. The molecule has 0 aliphatic heterocycles. The van der Waals surface area contributed by atoms with Gasteiger partial charge in [0.2, 0.25) is 5.91 Å². The average molecular weight is 447 g/mol. The molecule has 0 spiro atoms. The van der Waals surface area contributed by atoms with Gasteiger partial charge < -0.3 is 14.8 Å². The highest BCUT2D eigenvalue weighted by Gasteiger charge is 2.25. The van der Waals surface area contributed by atoms with Crippen molar-refractivity contribution in [3.8, 4) is 22.9 Å². The van der Waals surface area contributed by atoms with Gasteiger partial charge in [0.15, 0.2) is 22.5 Å². The third-order valence-electron chi connectivity index (χ3n) is 5.97. The molecule has 8 heteroatoms. The molecule has 31 heavy (non-hydrogen) atoms. The van der Waals surface area contributed by atoms with Crippen molar-refractivity contribution < 1.29 is 14.3 Å². The summed E-state index contributed by atoms with van der Waals surface area (Å²) in [6, 6.07) is 6.30. The lowest BCUT2D eigenvalue weighted by Gasteiger charge is -2.26. The van der Waals surface area contributed by atoms with Crippen molar-refractivity contribution >= 4 is 17.7 Å². The normalized spacial score (nSPS) is 15.7. The molecule has 0 bridgehead atoms. The molecule has 3 rings (SSSR count). The number of nitrogens with zero attached hydrogens (tertiary/aromatic N) is 3. The number of hydrogen-bond donors (Lipinski definition) is 1. The van der Waals surface area contributed by atoms with Crippen molar-refractivity contribution in [3.05, 3.63) is 18.2 Å². The zero-order chi connectivity index (χ0) is 22.4. The molecule has 1 aliphatic carbocycles. The van der Waals surface area contributed by atoms with Crippen LogP contribution in [0.15, 0.2) is 23.4 Å². The molecular weight excluding hydrogens is 412 g/mol. The first-order chi connectivity index (χ1) is 14.9. The van der Waals surface area contributed by atoms with Crippen LogP contribution in [0.2, 0.25) is 0 Å². The minimum Gasteiger partial charge on any atom is -0.493 e. The van der Waals surface area contributed by atoms with Crippen LogP contribution in [0.4, 0.5) is 0 Å². The number of carbonyl (C=O) groups excluding carboxylic acids is 1. The quantitative estimate of drug-likeness (QED) is 0.562. The molecular formula is C23H34N4O3S. The molecule has 1 saturated carbocycles. The van der Waals surface area contributed by atoms with Gasteiger partial charge in [0.25, 0.3) is 0 Å². The second-order valence-corrected chi connectivity index (χ2v) is 9.37. The molecule has 1 amide bonds. The maximum absolute atomic E-state index is 12.4. The van der Waals surface area contributed by atoms with Crippen molar-refractivity contribution in [2.24, 2.45) is 5.92 Å². The van der Waals surface area contributed by atoms with Crippen LogP contribution in [0.5, 0.6) is 11.5 Å². The van der Waals surface area contributed by atoms with E-state index in [4.69, 9.17) is 9.47 Å². The van der Waals surface area contributed by atoms with Gasteiger partial charge in [-0.1, -0.05) is 44.9 Å². The maximum Gasteiger partial charge on any atom is 0.230 e. The van der Waals surface area contributed by atoms with Crippen molar-refractivity contribution in [3.63, 3.8) is 0 Å². The lowest BCUT2D eigenvalue weighted by molar-refractivity contribution is -0.119. The molecule has 0 radical (unpaired) electrons. The Bertz CT molecular complexity index is 878. The molecule has 170 valence electrons. The second kappa shape index (κ2) is 10.9. The minimum atomic E-state index is 0.0251. The first-order valence-electron chi connectivity index (χ1n) is 11.0. The molecule has 1 aliphatic rings. The summed E-state index contributed by atoms with van der Waals surface area (Å²) in [6.07, 6.45) is 5.86. The Hall–Kier alpha value is -2.22. The van der Waals surface area contributed by atoms with E-state index in [0.717, 1.165) is 29.4 Å². The molecule has 1 N–H and O–H groups in total. The number of ether oxygens (including phenoxy) is 2. The van der Waals surface area contributed by atoms with Gasteiger partial charge in [0, 0.05) is 17.6 Å². The Morgan fingerprint density at radius 1 is 1.13 bits per heavy atom. The van der Waals surface area contributed by atoms with Crippen LogP contribution < -0.4 is 14.8 Å². The summed E-state index contributed by atoms with van der Waals surface area (Å²) in [7, 11) is 3.26. The lowest BCUT2D eigenvalue weighted by atomic mass is 9.95. The highest BCUT2D eigenvalue weighted by atomic mass is 32.2. The van der Waals surface area contributed by atoms with Gasteiger partial charge >= 0.3 is 0 Å². The number of rotatable bonds is 9. The van der Waals surface area contributed by atoms with Crippen LogP contribution in [-0.4, -0.2) is 46.7 Å². The van der Waals surface area contributed by atoms with Gasteiger partial charge in [-0.25, -0.2) is 0 Å². The Balaban J connectivity index is 1.87. The predicted molar refractivity (Wildman–Crippen MR) is 124 cm³/mol. The minimum absolute atomic E-state index is 0.0251. The molecule has 1 atom stereocenters. The van der Waals surface area contributed by atoms with Crippen molar-refractivity contribution in [1.82, 2.24) is 20.1 Å². The molecule has 1 heterocycles. The number of thioether (sulfide) groups is 1. The third-order valence-corrected chi connectivity index (χ3v) is 6.91. The Morgan fingerprint density at radius 3 is 2.48 bits per heavy atom. The molecule has 1 unspecified atom stereocenters. The molecule has 7 nitrogen and oxygen atoms in total. The van der Waals surface area contributed by atoms with E-state index in [-0.39, 0.29) is 11.9 Å². The summed E-state index contributed by atoms with van der Waals surface area (Å²) in [4.78, 5) is 12.4. The number of aromatic nitrogens is 3. The fourth-order valence-electron chi connectivity index (χ4n) is 3.81. The van der Waals surface area contributed by atoms with E-state index in [1.54, 1.807) is 14.2 Å². The van der Waals surface area contributed by atoms with Gasteiger partial charge in [0.05, 0.1) is 20.0 Å². The highest BCUT2D eigenvalue weighted by Crippen LogP contribution is 2.38. The standard InChI is InChI=1S/C23H34N4O3S/c1-15(2)16(3)24-21(28)14-31-23-26-25-22(27(23)18-9-7-6-8-10-18)17-11-12-19(29-4)20(13-17)30-5/h11-13,15-16,18H,6-10,14H2,1-5H3,(H,24,28). The predicted octanol–water partition coefficient (Wildman–Crippen LogP) is 4.72. The van der Waals surface area contributed by atoms with Gasteiger partial charge in [-0.2, -0.15) is 0 Å². The number of carbonyl (C=O) groups is 1. The van der Waals surface area contributed by atoms with Crippen molar-refractivity contribution in [2.75, 3.05) is 20.0 Å². The number of benzene rings is 1. The fraction of sp³-hybridized carbons (Fsp3) is 0.609. The van der Waals surface area contributed by atoms with Crippen molar-refractivity contribution in [2.45, 2.75) is 70.1 Å². The fourth-order valence-corrected chi connectivity index (χ4v) is 4.63. The zero-order valence-electron chi connectivity index (χ0n) is 19.2. The van der Waals surface area contributed by atoms with Crippen LogP contribution >= 0.6 is 11.8 Å². The van der Waals surface area contributed by atoms with Gasteiger partial charge in [-0.3, -0.25) is 9.36 Å². The molecule has 0 saturated heterocycles. The smallest absolute Gasteiger partial charge is 0.230 e. The van der Waals surface area contributed by atoms with Crippen LogP contribution in [0.3, 0.4) is 0 Å². The molecule has 2 aromatic rings. The van der Waals surface area contributed by atoms with Crippen LogP contribution in [0.25, 0.3) is 11.4 Å². The van der Waals surface area contributed by atoms with E-state index in [1.807, 2.05) is 25.1 Å². The first-order valence-corrected chi connectivity index (χ1v) is 12.0. The first kappa shape index (κ1) is 23.4. The number of nitrogens with one attached hydrogen (secondary N) is 1. The average Bonchev–Trinajstić information content (AvgIpc) is 3.21. The lowest BCUT2D eigenvalue weighted by Crippen LogP contribution is -2.37. The summed E-state index contributed by atoms with van der Waals surface area (Å²) in [6.45, 7) is 6.24. The summed E-state index contributed by atoms with van der Waals surface area (Å²) in [5, 5.41) is 12.9. The number of hydrogen-bond acceptors (Lipinski definition) is 6. The van der Waals surface area contributed by atoms with E-state index in [1.165, 1.54) is 31.0 Å². The number of amides is 1. The third kappa shape index (κ3) is 5.73. The summed E-state index contributed by atoms with van der Waals surface area (Å²) in [5.41, 5.74) is 0.931.